The molecule has 1 aliphatic rings. The van der Waals surface area contributed by atoms with Crippen LogP contribution in [-0.2, 0) is 16.4 Å². The maximum absolute atomic E-state index is 11.5. The number of guanidine groups is 1. The average molecular weight is 404 g/mol. The number of ether oxygens (including phenoxy) is 1. The summed E-state index contributed by atoms with van der Waals surface area (Å²) >= 11 is 3.46. The van der Waals surface area contributed by atoms with Gasteiger partial charge in [0.1, 0.15) is 5.75 Å². The molecule has 0 saturated carbocycles. The van der Waals surface area contributed by atoms with E-state index in [0.29, 0.717) is 18.9 Å². The Morgan fingerprint density at radius 1 is 1.48 bits per heavy atom. The van der Waals surface area contributed by atoms with E-state index in [-0.39, 0.29) is 17.5 Å². The molecule has 0 aliphatic carbocycles. The van der Waals surface area contributed by atoms with Crippen molar-refractivity contribution in [2.75, 3.05) is 25.2 Å². The van der Waals surface area contributed by atoms with Crippen molar-refractivity contribution in [3.63, 3.8) is 0 Å². The van der Waals surface area contributed by atoms with E-state index in [0.717, 1.165) is 22.3 Å². The highest BCUT2D eigenvalue weighted by Crippen LogP contribution is 2.25. The molecule has 1 aromatic rings. The van der Waals surface area contributed by atoms with Gasteiger partial charge in [0, 0.05) is 12.6 Å². The molecule has 6 nitrogen and oxygen atoms in total. The Morgan fingerprint density at radius 3 is 2.83 bits per heavy atom. The number of hydrogen-bond acceptors (Lipinski definition) is 4. The third kappa shape index (κ3) is 5.39. The van der Waals surface area contributed by atoms with Gasteiger partial charge in [-0.05, 0) is 47.0 Å². The quantitative estimate of drug-likeness (QED) is 0.577. The molecule has 0 radical (unpaired) electrons. The molecule has 1 heterocycles. The zero-order chi connectivity index (χ0) is 16.9. The van der Waals surface area contributed by atoms with Crippen molar-refractivity contribution < 1.29 is 13.2 Å². The molecular weight excluding hydrogens is 382 g/mol. The molecule has 128 valence electrons. The maximum Gasteiger partial charge on any atom is 0.191 e. The molecule has 23 heavy (non-hydrogen) atoms. The molecule has 0 spiro atoms. The third-order valence-electron chi connectivity index (χ3n) is 3.55. The lowest BCUT2D eigenvalue weighted by atomic mass is 10.2. The monoisotopic (exact) mass is 403 g/mol. The highest BCUT2D eigenvalue weighted by molar-refractivity contribution is 9.10. The zero-order valence-electron chi connectivity index (χ0n) is 13.3. The largest absolute Gasteiger partial charge is 0.496 e. The van der Waals surface area contributed by atoms with E-state index in [1.807, 2.05) is 25.1 Å². The lowest BCUT2D eigenvalue weighted by Gasteiger charge is -2.16. The van der Waals surface area contributed by atoms with Crippen LogP contribution in [0.2, 0.25) is 0 Å². The van der Waals surface area contributed by atoms with Crippen molar-refractivity contribution >= 4 is 31.7 Å². The first-order valence-corrected chi connectivity index (χ1v) is 10.1. The van der Waals surface area contributed by atoms with Crippen LogP contribution < -0.4 is 15.4 Å². The smallest absolute Gasteiger partial charge is 0.191 e. The second-order valence-electron chi connectivity index (χ2n) is 5.41. The fraction of sp³-hybridized carbons (Fsp3) is 0.533. The SMILES string of the molecule is CCNC(=NCc1ccc(OC)c(Br)c1)NC1CCS(=O)(=O)C1. The van der Waals surface area contributed by atoms with Crippen molar-refractivity contribution in [1.29, 1.82) is 0 Å². The molecular formula is C15H22BrN3O3S. The number of halogens is 1. The summed E-state index contributed by atoms with van der Waals surface area (Å²) in [6, 6.07) is 5.74. The summed E-state index contributed by atoms with van der Waals surface area (Å²) in [7, 11) is -1.28. The summed E-state index contributed by atoms with van der Waals surface area (Å²) in [5, 5.41) is 6.36. The van der Waals surface area contributed by atoms with Crippen LogP contribution in [0.25, 0.3) is 0 Å². The Morgan fingerprint density at radius 2 is 2.26 bits per heavy atom. The van der Waals surface area contributed by atoms with Gasteiger partial charge in [-0.25, -0.2) is 13.4 Å². The fourth-order valence-electron chi connectivity index (χ4n) is 2.40. The molecule has 0 bridgehead atoms. The van der Waals surface area contributed by atoms with Crippen molar-refractivity contribution in [1.82, 2.24) is 10.6 Å². The van der Waals surface area contributed by atoms with Gasteiger partial charge in [0.05, 0.1) is 29.6 Å². The van der Waals surface area contributed by atoms with Crippen LogP contribution in [0.4, 0.5) is 0 Å². The number of sulfone groups is 1. The molecule has 1 unspecified atom stereocenters. The first kappa shape index (κ1) is 18.1. The second-order valence-corrected chi connectivity index (χ2v) is 8.49. The second kappa shape index (κ2) is 8.01. The summed E-state index contributed by atoms with van der Waals surface area (Å²) in [5.74, 6) is 1.83. The molecule has 8 heteroatoms. The summed E-state index contributed by atoms with van der Waals surface area (Å²) in [6.45, 7) is 3.20. The maximum atomic E-state index is 11.5. The van der Waals surface area contributed by atoms with E-state index in [2.05, 4.69) is 31.6 Å². The van der Waals surface area contributed by atoms with Crippen LogP contribution in [0.5, 0.6) is 5.75 Å². The number of rotatable bonds is 5. The minimum atomic E-state index is -2.90. The normalized spacial score (nSPS) is 20.3. The Kier molecular flexibility index (Phi) is 6.29. The molecule has 2 rings (SSSR count). The van der Waals surface area contributed by atoms with Crippen LogP contribution in [-0.4, -0.2) is 45.6 Å². The van der Waals surface area contributed by atoms with Gasteiger partial charge in [-0.15, -0.1) is 0 Å². The Labute approximate surface area is 145 Å². The van der Waals surface area contributed by atoms with Gasteiger partial charge in [-0.3, -0.25) is 0 Å². The molecule has 2 N–H and O–H groups in total. The Balaban J connectivity index is 2.02. The van der Waals surface area contributed by atoms with E-state index < -0.39 is 9.84 Å². The van der Waals surface area contributed by atoms with Gasteiger partial charge in [0.2, 0.25) is 0 Å². The van der Waals surface area contributed by atoms with E-state index in [1.54, 1.807) is 7.11 Å². The number of benzene rings is 1. The number of hydrogen-bond donors (Lipinski definition) is 2. The summed E-state index contributed by atoms with van der Waals surface area (Å²) in [6.07, 6.45) is 0.626. The highest BCUT2D eigenvalue weighted by atomic mass is 79.9. The van der Waals surface area contributed by atoms with Crippen LogP contribution in [0.3, 0.4) is 0 Å². The van der Waals surface area contributed by atoms with Crippen molar-refractivity contribution in [2.24, 2.45) is 4.99 Å². The predicted octanol–water partition coefficient (Wildman–Crippen LogP) is 1.70. The van der Waals surface area contributed by atoms with Gasteiger partial charge in [-0.1, -0.05) is 6.07 Å². The van der Waals surface area contributed by atoms with Gasteiger partial charge in [0.25, 0.3) is 0 Å². The first-order valence-electron chi connectivity index (χ1n) is 7.51. The molecule has 1 saturated heterocycles. The Hall–Kier alpha value is -1.28. The van der Waals surface area contributed by atoms with Gasteiger partial charge >= 0.3 is 0 Å². The standard InChI is InChI=1S/C15H22BrN3O3S/c1-3-17-15(19-12-6-7-23(20,21)10-12)18-9-11-4-5-14(22-2)13(16)8-11/h4-5,8,12H,3,6-7,9-10H2,1-2H3,(H2,17,18,19). The van der Waals surface area contributed by atoms with Crippen molar-refractivity contribution in [3.05, 3.63) is 28.2 Å². The summed E-state index contributed by atoms with van der Waals surface area (Å²) < 4.78 is 29.2. The van der Waals surface area contributed by atoms with Crippen LogP contribution in [0.15, 0.2) is 27.7 Å². The number of nitrogens with one attached hydrogen (secondary N) is 2. The number of nitrogens with zero attached hydrogens (tertiary/aromatic N) is 1. The lowest BCUT2D eigenvalue weighted by Crippen LogP contribution is -2.44. The Bertz CT molecular complexity index is 677. The molecule has 1 fully saturated rings. The highest BCUT2D eigenvalue weighted by Gasteiger charge is 2.28. The number of aliphatic imine (C=N–C) groups is 1. The van der Waals surface area contributed by atoms with E-state index in [9.17, 15) is 8.42 Å². The third-order valence-corrected chi connectivity index (χ3v) is 5.94. The predicted molar refractivity (Wildman–Crippen MR) is 95.7 cm³/mol. The lowest BCUT2D eigenvalue weighted by molar-refractivity contribution is 0.412. The molecule has 1 atom stereocenters. The van der Waals surface area contributed by atoms with Crippen LogP contribution >= 0.6 is 15.9 Å². The van der Waals surface area contributed by atoms with Crippen molar-refractivity contribution in [2.45, 2.75) is 25.9 Å². The molecule has 0 amide bonds. The van der Waals surface area contributed by atoms with E-state index >= 15 is 0 Å². The molecule has 1 aliphatic heterocycles. The molecule has 0 aromatic heterocycles. The summed E-state index contributed by atoms with van der Waals surface area (Å²) in [5.41, 5.74) is 1.04. The summed E-state index contributed by atoms with van der Waals surface area (Å²) in [4.78, 5) is 4.53. The first-order chi connectivity index (χ1) is 10.9. The van der Waals surface area contributed by atoms with Crippen molar-refractivity contribution in [3.8, 4) is 5.75 Å². The molecule has 1 aromatic carbocycles. The zero-order valence-corrected chi connectivity index (χ0v) is 15.7. The van der Waals surface area contributed by atoms with E-state index in [4.69, 9.17) is 4.74 Å². The fourth-order valence-corrected chi connectivity index (χ4v) is 4.66. The van der Waals surface area contributed by atoms with Crippen LogP contribution in [0.1, 0.15) is 18.9 Å². The minimum absolute atomic E-state index is 0.0691. The topological polar surface area (TPSA) is 79.8 Å². The average Bonchev–Trinajstić information content (AvgIpc) is 2.84. The minimum Gasteiger partial charge on any atom is -0.496 e. The number of methoxy groups -OCH3 is 1. The van der Waals surface area contributed by atoms with Gasteiger partial charge < -0.3 is 15.4 Å². The van der Waals surface area contributed by atoms with E-state index in [1.165, 1.54) is 0 Å². The van der Waals surface area contributed by atoms with Crippen LogP contribution in [0, 0.1) is 0 Å². The van der Waals surface area contributed by atoms with Gasteiger partial charge in [-0.2, -0.15) is 0 Å². The van der Waals surface area contributed by atoms with Gasteiger partial charge in [0.15, 0.2) is 15.8 Å².